The molecule has 0 saturated carbocycles. The van der Waals surface area contributed by atoms with Gasteiger partial charge in [-0.05, 0) is 61.3 Å². The van der Waals surface area contributed by atoms with Crippen molar-refractivity contribution in [2.45, 2.75) is 54.4 Å². The first kappa shape index (κ1) is 20.2. The summed E-state index contributed by atoms with van der Waals surface area (Å²) in [4.78, 5) is 4.88. The second-order valence-corrected chi connectivity index (χ2v) is 8.08. The highest BCUT2D eigenvalue weighted by Gasteiger charge is 2.15. The van der Waals surface area contributed by atoms with E-state index >= 15 is 0 Å². The lowest BCUT2D eigenvalue weighted by molar-refractivity contribution is 0.312. The summed E-state index contributed by atoms with van der Waals surface area (Å²) in [6, 6.07) is 6.39. The molecule has 1 aromatic carbocycles. The molecule has 1 N–H and O–H groups in total. The molecule has 1 rings (SSSR count). The zero-order chi connectivity index (χ0) is 18.3. The molecule has 0 amide bonds. The summed E-state index contributed by atoms with van der Waals surface area (Å²) < 4.78 is 0. The largest absolute Gasteiger partial charge is 0.389 e. The lowest BCUT2D eigenvalue weighted by atomic mass is 9.83. The molecule has 0 aliphatic carbocycles. The number of aliphatic imine (C=N–C) groups is 1. The number of nitrogens with zero attached hydrogens (tertiary/aromatic N) is 1. The van der Waals surface area contributed by atoms with Crippen LogP contribution in [0.1, 0.15) is 58.6 Å². The summed E-state index contributed by atoms with van der Waals surface area (Å²) in [5.74, 6) is 0.649. The number of hydrogen-bond acceptors (Lipinski definition) is 2. The average Bonchev–Trinajstić information content (AvgIpc) is 2.45. The summed E-state index contributed by atoms with van der Waals surface area (Å²) in [6.07, 6.45) is 6.31. The van der Waals surface area contributed by atoms with Gasteiger partial charge >= 0.3 is 0 Å². The predicted octanol–water partition coefficient (Wildman–Crippen LogP) is 6.30. The van der Waals surface area contributed by atoms with Crippen molar-refractivity contribution in [3.05, 3.63) is 47.7 Å². The van der Waals surface area contributed by atoms with E-state index in [1.54, 1.807) is 0 Å². The van der Waals surface area contributed by atoms with Crippen molar-refractivity contribution < 1.29 is 0 Å². The van der Waals surface area contributed by atoms with Crippen LogP contribution < -0.4 is 5.32 Å². The van der Waals surface area contributed by atoms with Crippen LogP contribution in [0.25, 0.3) is 6.08 Å². The van der Waals surface area contributed by atoms with Gasteiger partial charge in [-0.15, -0.1) is 0 Å². The Hall–Kier alpha value is -1.83. The van der Waals surface area contributed by atoms with Gasteiger partial charge < -0.3 is 5.32 Å². The van der Waals surface area contributed by atoms with Crippen molar-refractivity contribution in [3.8, 4) is 0 Å². The number of allylic oxidation sites excluding steroid dienone is 1. The zero-order valence-electron chi connectivity index (χ0n) is 16.5. The normalized spacial score (nSPS) is 14.0. The third-order valence-corrected chi connectivity index (χ3v) is 3.95. The minimum Gasteiger partial charge on any atom is -0.389 e. The van der Waals surface area contributed by atoms with Crippen LogP contribution in [0.3, 0.4) is 0 Å². The first-order valence-electron chi connectivity index (χ1n) is 8.80. The van der Waals surface area contributed by atoms with Gasteiger partial charge in [0.25, 0.3) is 0 Å². The molecule has 0 radical (unpaired) electrons. The predicted molar refractivity (Wildman–Crippen MR) is 109 cm³/mol. The lowest BCUT2D eigenvalue weighted by Crippen LogP contribution is -2.13. The van der Waals surface area contributed by atoms with E-state index in [-0.39, 0.29) is 0 Å². The van der Waals surface area contributed by atoms with E-state index < -0.39 is 0 Å². The van der Waals surface area contributed by atoms with E-state index in [1.165, 1.54) is 17.7 Å². The fourth-order valence-corrected chi connectivity index (χ4v) is 3.00. The number of likely N-dealkylation sites (N-methyl/N-ethyl adjacent to an activating group) is 1. The van der Waals surface area contributed by atoms with Crippen LogP contribution in [0.15, 0.2) is 41.5 Å². The number of nitrogens with one attached hydrogen (secondary N) is 1. The first-order chi connectivity index (χ1) is 11.1. The highest BCUT2D eigenvalue weighted by molar-refractivity contribution is 5.85. The molecule has 2 heteroatoms. The summed E-state index contributed by atoms with van der Waals surface area (Å²) >= 11 is 0. The van der Waals surface area contributed by atoms with Gasteiger partial charge in [-0.25, -0.2) is 0 Å². The maximum Gasteiger partial charge on any atom is 0.0664 e. The second-order valence-electron chi connectivity index (χ2n) is 8.08. The molecule has 0 fully saturated rings. The fourth-order valence-electron chi connectivity index (χ4n) is 3.00. The van der Waals surface area contributed by atoms with Crippen molar-refractivity contribution in [1.29, 1.82) is 0 Å². The van der Waals surface area contributed by atoms with Crippen LogP contribution in [-0.2, 0) is 0 Å². The van der Waals surface area contributed by atoms with Crippen molar-refractivity contribution >= 4 is 17.5 Å². The minimum absolute atomic E-state index is 0.371. The van der Waals surface area contributed by atoms with Crippen LogP contribution in [0.2, 0.25) is 0 Å². The van der Waals surface area contributed by atoms with E-state index in [2.05, 4.69) is 77.7 Å². The number of benzene rings is 1. The highest BCUT2D eigenvalue weighted by Crippen LogP contribution is 2.27. The molecule has 0 aliphatic heterocycles. The third-order valence-electron chi connectivity index (χ3n) is 3.95. The van der Waals surface area contributed by atoms with E-state index in [4.69, 9.17) is 4.99 Å². The van der Waals surface area contributed by atoms with Gasteiger partial charge in [-0.1, -0.05) is 52.5 Å². The van der Waals surface area contributed by atoms with E-state index in [0.717, 1.165) is 23.4 Å². The Bertz CT molecular complexity index is 615. The summed E-state index contributed by atoms with van der Waals surface area (Å²) in [5.41, 5.74) is 5.89. The Morgan fingerprint density at radius 3 is 2.58 bits per heavy atom. The fraction of sp³-hybridized carbons (Fsp3) is 0.500. The van der Waals surface area contributed by atoms with Gasteiger partial charge in [-0.2, -0.15) is 0 Å². The third kappa shape index (κ3) is 7.63. The Morgan fingerprint density at radius 1 is 1.33 bits per heavy atom. The van der Waals surface area contributed by atoms with Gasteiger partial charge in [0.1, 0.15) is 0 Å². The van der Waals surface area contributed by atoms with Gasteiger partial charge in [0.15, 0.2) is 0 Å². The molecule has 0 bridgehead atoms. The molecule has 0 spiro atoms. The highest BCUT2D eigenvalue weighted by atomic mass is 14.8. The maximum atomic E-state index is 4.88. The summed E-state index contributed by atoms with van der Waals surface area (Å²) in [7, 11) is 1.87. The quantitative estimate of drug-likeness (QED) is 0.461. The van der Waals surface area contributed by atoms with Crippen LogP contribution in [-0.4, -0.2) is 12.8 Å². The van der Waals surface area contributed by atoms with Crippen LogP contribution in [0.4, 0.5) is 5.69 Å². The van der Waals surface area contributed by atoms with Crippen molar-refractivity contribution in [3.63, 3.8) is 0 Å². The Kier molecular flexibility index (Phi) is 7.47. The van der Waals surface area contributed by atoms with Crippen molar-refractivity contribution in [1.82, 2.24) is 5.32 Å². The molecule has 0 aliphatic rings. The number of aryl methyl sites for hydroxylation is 1. The second kappa shape index (κ2) is 8.86. The molecular weight excluding hydrogens is 292 g/mol. The molecular formula is C22H34N2. The molecule has 0 saturated heterocycles. The average molecular weight is 327 g/mol. The van der Waals surface area contributed by atoms with Crippen molar-refractivity contribution in [2.24, 2.45) is 16.3 Å². The molecule has 2 nitrogen and oxygen atoms in total. The summed E-state index contributed by atoms with van der Waals surface area (Å²) in [6.45, 7) is 17.4. The summed E-state index contributed by atoms with van der Waals surface area (Å²) in [5, 5.41) is 3.02. The Balaban J connectivity index is 2.88. The van der Waals surface area contributed by atoms with Gasteiger partial charge in [0.05, 0.1) is 5.69 Å². The molecule has 0 aromatic heterocycles. The van der Waals surface area contributed by atoms with Gasteiger partial charge in [-0.3, -0.25) is 4.99 Å². The van der Waals surface area contributed by atoms with Gasteiger partial charge in [0, 0.05) is 18.5 Å². The standard InChI is InChI=1S/C22H34N2/c1-16(15-22(5,6)7)13-19(4)24-21-14-20(11-9-17(21)2)12-10-18(3)23-8/h9-12,14,16,23H,3,13,15H2,1-2,4-8H3/b12-10+,24-19?. The molecule has 24 heavy (non-hydrogen) atoms. The topological polar surface area (TPSA) is 24.4 Å². The van der Waals surface area contributed by atoms with E-state index in [9.17, 15) is 0 Å². The molecule has 1 unspecified atom stereocenters. The lowest BCUT2D eigenvalue weighted by Gasteiger charge is -2.23. The maximum absolute atomic E-state index is 4.88. The SMILES string of the molecule is C=C(/C=C/c1ccc(C)c(N=C(C)CC(C)CC(C)(C)C)c1)NC. The molecule has 1 aromatic rings. The Labute approximate surface area is 148 Å². The van der Waals surface area contributed by atoms with E-state index in [1.807, 2.05) is 13.1 Å². The van der Waals surface area contributed by atoms with E-state index in [0.29, 0.717) is 11.3 Å². The number of rotatable bonds is 7. The van der Waals surface area contributed by atoms with Crippen molar-refractivity contribution in [2.75, 3.05) is 7.05 Å². The van der Waals surface area contributed by atoms with Crippen LogP contribution in [0, 0.1) is 18.3 Å². The Morgan fingerprint density at radius 2 is 2.00 bits per heavy atom. The zero-order valence-corrected chi connectivity index (χ0v) is 16.5. The van der Waals surface area contributed by atoms with Crippen LogP contribution >= 0.6 is 0 Å². The minimum atomic E-state index is 0.371. The smallest absolute Gasteiger partial charge is 0.0664 e. The number of hydrogen-bond donors (Lipinski definition) is 1. The molecule has 132 valence electrons. The first-order valence-corrected chi connectivity index (χ1v) is 8.80. The molecule has 1 atom stereocenters. The monoisotopic (exact) mass is 326 g/mol. The molecule has 0 heterocycles. The van der Waals surface area contributed by atoms with Gasteiger partial charge in [0.2, 0.25) is 0 Å². The van der Waals surface area contributed by atoms with Crippen LogP contribution in [0.5, 0.6) is 0 Å².